The van der Waals surface area contributed by atoms with Gasteiger partial charge in [-0.25, -0.2) is 0 Å². The number of nitrogens with zero attached hydrogens (tertiary/aromatic N) is 1. The van der Waals surface area contributed by atoms with Gasteiger partial charge in [0.2, 0.25) is 0 Å². The summed E-state index contributed by atoms with van der Waals surface area (Å²) in [6.45, 7) is 2.16. The zero-order chi connectivity index (χ0) is 14.7. The van der Waals surface area contributed by atoms with Gasteiger partial charge < -0.3 is 9.84 Å². The fraction of sp³-hybridized carbons (Fsp3) is 0.588. The van der Waals surface area contributed by atoms with Crippen LogP contribution in [0.25, 0.3) is 0 Å². The van der Waals surface area contributed by atoms with Crippen LogP contribution < -0.4 is 0 Å². The molecule has 0 aromatic heterocycles. The Bertz CT molecular complexity index is 474. The van der Waals surface area contributed by atoms with Gasteiger partial charge >= 0.3 is 5.97 Å². The monoisotopic (exact) mass is 289 g/mol. The van der Waals surface area contributed by atoms with E-state index in [1.165, 1.54) is 12.8 Å². The van der Waals surface area contributed by atoms with Crippen LogP contribution in [-0.4, -0.2) is 47.8 Å². The van der Waals surface area contributed by atoms with Crippen LogP contribution in [0.4, 0.5) is 0 Å². The van der Waals surface area contributed by atoms with E-state index in [1.54, 1.807) is 0 Å². The lowest BCUT2D eigenvalue weighted by Crippen LogP contribution is -2.54. The second-order valence-electron chi connectivity index (χ2n) is 6.06. The van der Waals surface area contributed by atoms with E-state index in [-0.39, 0.29) is 0 Å². The van der Waals surface area contributed by atoms with Gasteiger partial charge in [-0.15, -0.1) is 0 Å². The number of rotatable bonds is 4. The first-order valence-corrected chi connectivity index (χ1v) is 7.89. The molecule has 1 aromatic carbocycles. The van der Waals surface area contributed by atoms with Gasteiger partial charge in [-0.05, 0) is 18.4 Å². The van der Waals surface area contributed by atoms with Crippen molar-refractivity contribution >= 4 is 5.97 Å². The maximum absolute atomic E-state index is 11.7. The smallest absolute Gasteiger partial charge is 0.312 e. The van der Waals surface area contributed by atoms with Crippen molar-refractivity contribution in [3.05, 3.63) is 35.9 Å². The Hall–Kier alpha value is -1.39. The van der Waals surface area contributed by atoms with Crippen LogP contribution in [0.2, 0.25) is 0 Å². The molecule has 1 aliphatic carbocycles. The van der Waals surface area contributed by atoms with E-state index in [2.05, 4.69) is 4.90 Å². The average Bonchev–Trinajstić information content (AvgIpc) is 2.53. The molecule has 3 atom stereocenters. The lowest BCUT2D eigenvalue weighted by Gasteiger charge is -2.44. The Kier molecular flexibility index (Phi) is 4.56. The van der Waals surface area contributed by atoms with E-state index in [1.807, 2.05) is 30.3 Å². The fourth-order valence-electron chi connectivity index (χ4n) is 3.65. The van der Waals surface area contributed by atoms with Crippen molar-refractivity contribution in [2.24, 2.45) is 0 Å². The summed E-state index contributed by atoms with van der Waals surface area (Å²) < 4.78 is 5.87. The van der Waals surface area contributed by atoms with Crippen molar-refractivity contribution in [1.29, 1.82) is 0 Å². The quantitative estimate of drug-likeness (QED) is 0.925. The van der Waals surface area contributed by atoms with Gasteiger partial charge in [-0.2, -0.15) is 0 Å². The number of fused-ring (bicyclic) bond motifs is 1. The first kappa shape index (κ1) is 14.5. The summed E-state index contributed by atoms with van der Waals surface area (Å²) >= 11 is 0. The minimum absolute atomic E-state index is 0.303. The fourth-order valence-corrected chi connectivity index (χ4v) is 3.65. The molecule has 4 heteroatoms. The number of hydrogen-bond donors (Lipinski definition) is 1. The molecule has 0 radical (unpaired) electrons. The summed E-state index contributed by atoms with van der Waals surface area (Å²) in [5.41, 5.74) is 0.892. The van der Waals surface area contributed by atoms with Crippen molar-refractivity contribution < 1.29 is 14.6 Å². The third-order valence-corrected chi connectivity index (χ3v) is 4.76. The lowest BCUT2D eigenvalue weighted by atomic mass is 9.88. The number of carboxylic acids is 1. The maximum atomic E-state index is 11.7. The molecule has 1 heterocycles. The second-order valence-corrected chi connectivity index (χ2v) is 6.06. The summed E-state index contributed by atoms with van der Waals surface area (Å²) in [6, 6.07) is 9.98. The van der Waals surface area contributed by atoms with E-state index in [0.717, 1.165) is 31.6 Å². The zero-order valence-electron chi connectivity index (χ0n) is 12.3. The topological polar surface area (TPSA) is 49.8 Å². The molecule has 1 saturated carbocycles. The van der Waals surface area contributed by atoms with Gasteiger partial charge in [0.15, 0.2) is 0 Å². The minimum atomic E-state index is -0.736. The van der Waals surface area contributed by atoms with Gasteiger partial charge in [0, 0.05) is 19.1 Å². The van der Waals surface area contributed by atoms with E-state index < -0.39 is 11.9 Å². The van der Waals surface area contributed by atoms with Crippen molar-refractivity contribution in [2.75, 3.05) is 19.7 Å². The molecular formula is C17H23NO3. The molecule has 0 bridgehead atoms. The first-order valence-electron chi connectivity index (χ1n) is 7.89. The van der Waals surface area contributed by atoms with Crippen LogP contribution in [0.5, 0.6) is 0 Å². The summed E-state index contributed by atoms with van der Waals surface area (Å²) in [4.78, 5) is 14.0. The van der Waals surface area contributed by atoms with Crippen LogP contribution in [0.15, 0.2) is 30.3 Å². The summed E-state index contributed by atoms with van der Waals surface area (Å²) in [5, 5.41) is 9.60. The average molecular weight is 289 g/mol. The zero-order valence-corrected chi connectivity index (χ0v) is 12.3. The molecule has 4 nitrogen and oxygen atoms in total. The van der Waals surface area contributed by atoms with Gasteiger partial charge in [-0.3, -0.25) is 9.69 Å². The molecular weight excluding hydrogens is 266 g/mol. The molecule has 2 fully saturated rings. The Labute approximate surface area is 125 Å². The Morgan fingerprint density at radius 2 is 2.05 bits per heavy atom. The van der Waals surface area contributed by atoms with Crippen molar-refractivity contribution in [3.8, 4) is 0 Å². The van der Waals surface area contributed by atoms with Gasteiger partial charge in [-0.1, -0.05) is 43.2 Å². The van der Waals surface area contributed by atoms with Crippen LogP contribution in [-0.2, 0) is 9.53 Å². The maximum Gasteiger partial charge on any atom is 0.312 e. The predicted molar refractivity (Wildman–Crippen MR) is 80.4 cm³/mol. The SMILES string of the molecule is O=C(O)C(CN1CCOC2CCCCC21)c1ccccc1. The molecule has 0 amide bonds. The normalized spacial score (nSPS) is 27.8. The highest BCUT2D eigenvalue weighted by atomic mass is 16.5. The van der Waals surface area contributed by atoms with E-state index in [0.29, 0.717) is 18.7 Å². The minimum Gasteiger partial charge on any atom is -0.481 e. The van der Waals surface area contributed by atoms with Crippen molar-refractivity contribution in [1.82, 2.24) is 4.90 Å². The molecule has 1 aromatic rings. The Morgan fingerprint density at radius 1 is 1.29 bits per heavy atom. The molecule has 3 unspecified atom stereocenters. The molecule has 0 spiro atoms. The second kappa shape index (κ2) is 6.58. The summed E-state index contributed by atoms with van der Waals surface area (Å²) in [7, 11) is 0. The molecule has 2 aliphatic rings. The molecule has 21 heavy (non-hydrogen) atoms. The molecule has 114 valence electrons. The molecule has 1 aliphatic heterocycles. The number of carboxylic acid groups (broad SMARTS) is 1. The van der Waals surface area contributed by atoms with Crippen LogP contribution in [0.1, 0.15) is 37.2 Å². The number of aliphatic carboxylic acids is 1. The third-order valence-electron chi connectivity index (χ3n) is 4.76. The number of carbonyl (C=O) groups is 1. The molecule has 1 saturated heterocycles. The van der Waals surface area contributed by atoms with E-state index >= 15 is 0 Å². The Morgan fingerprint density at radius 3 is 2.81 bits per heavy atom. The summed E-state index contributed by atoms with van der Waals surface area (Å²) in [5.74, 6) is -1.19. The highest BCUT2D eigenvalue weighted by molar-refractivity contribution is 5.76. The van der Waals surface area contributed by atoms with E-state index in [4.69, 9.17) is 4.74 Å². The van der Waals surface area contributed by atoms with Gasteiger partial charge in [0.05, 0.1) is 18.6 Å². The van der Waals surface area contributed by atoms with Crippen molar-refractivity contribution in [2.45, 2.75) is 43.7 Å². The first-order chi connectivity index (χ1) is 10.3. The number of morpholine rings is 1. The summed E-state index contributed by atoms with van der Waals surface area (Å²) in [6.07, 6.45) is 5.01. The van der Waals surface area contributed by atoms with Crippen LogP contribution >= 0.6 is 0 Å². The highest BCUT2D eigenvalue weighted by Gasteiger charge is 2.36. The van der Waals surface area contributed by atoms with Crippen LogP contribution in [0, 0.1) is 0 Å². The number of benzene rings is 1. The van der Waals surface area contributed by atoms with Crippen LogP contribution in [0.3, 0.4) is 0 Å². The van der Waals surface area contributed by atoms with Gasteiger partial charge in [0.25, 0.3) is 0 Å². The van der Waals surface area contributed by atoms with Crippen molar-refractivity contribution in [3.63, 3.8) is 0 Å². The lowest BCUT2D eigenvalue weighted by molar-refractivity contribution is -0.141. The third kappa shape index (κ3) is 3.27. The van der Waals surface area contributed by atoms with E-state index in [9.17, 15) is 9.90 Å². The standard InChI is InChI=1S/C17H23NO3/c19-17(20)14(13-6-2-1-3-7-13)12-18-10-11-21-16-9-5-4-8-15(16)18/h1-3,6-7,14-16H,4-5,8-12H2,(H,19,20). The molecule has 3 rings (SSSR count). The largest absolute Gasteiger partial charge is 0.481 e. The number of hydrogen-bond acceptors (Lipinski definition) is 3. The highest BCUT2D eigenvalue weighted by Crippen LogP contribution is 2.30. The molecule has 1 N–H and O–H groups in total. The van der Waals surface area contributed by atoms with Gasteiger partial charge in [0.1, 0.15) is 0 Å². The predicted octanol–water partition coefficient (Wildman–Crippen LogP) is 2.50. The Balaban J connectivity index is 1.74. The number of ether oxygens (including phenoxy) is 1.